The molecule has 3 rings (SSSR count). The molecule has 2 unspecified atom stereocenters. The van der Waals surface area contributed by atoms with Crippen LogP contribution in [0.3, 0.4) is 0 Å². The Morgan fingerprint density at radius 2 is 1.35 bits per heavy atom. The zero-order chi connectivity index (χ0) is 12.4. The van der Waals surface area contributed by atoms with Crippen molar-refractivity contribution in [3.63, 3.8) is 0 Å². The topological polar surface area (TPSA) is 13.0 Å². The van der Waals surface area contributed by atoms with Gasteiger partial charge in [-0.3, -0.25) is 0 Å². The monoisotopic (exact) mass is 657 g/mol. The van der Waals surface area contributed by atoms with Crippen molar-refractivity contribution in [1.29, 1.82) is 0 Å². The first-order chi connectivity index (χ1) is 7.80. The van der Waals surface area contributed by atoms with Gasteiger partial charge in [0.05, 0.1) is 0 Å². The fraction of sp³-hybridized carbons (Fsp3) is 0.600. The van der Waals surface area contributed by atoms with E-state index in [1.165, 1.54) is 0 Å². The molecule has 0 bridgehead atoms. The van der Waals surface area contributed by atoms with Crippen molar-refractivity contribution >= 4 is 46.5 Å². The molecule has 0 spiro atoms. The molecule has 7 heteroatoms. The molecule has 4 nitrogen and oxygen atoms in total. The van der Waals surface area contributed by atoms with Gasteiger partial charge in [0, 0.05) is 0 Å². The van der Waals surface area contributed by atoms with Crippen LogP contribution in [0, 0.1) is 0 Å². The molecule has 3 heterocycles. The van der Waals surface area contributed by atoms with Gasteiger partial charge in [0.2, 0.25) is 0 Å². The second-order valence-corrected chi connectivity index (χ2v) is 81.3. The molecule has 0 saturated carbocycles. The Labute approximate surface area is 122 Å². The van der Waals surface area contributed by atoms with Gasteiger partial charge in [-0.05, 0) is 0 Å². The summed E-state index contributed by atoms with van der Waals surface area (Å²) in [5, 5.41) is 0. The van der Waals surface area contributed by atoms with E-state index < -0.39 is 10.6 Å². The summed E-state index contributed by atoms with van der Waals surface area (Å²) < 4.78 is 3.77. The molecule has 2 atom stereocenters. The van der Waals surface area contributed by atoms with E-state index in [2.05, 4.69) is 99.0 Å². The second-order valence-electron chi connectivity index (χ2n) is 5.25. The summed E-state index contributed by atoms with van der Waals surface area (Å²) >= 11 is 5.69. The van der Waals surface area contributed by atoms with E-state index in [0.717, 1.165) is 6.67 Å². The number of nitrogens with zero attached hydrogens (tertiary/aromatic N) is 4. The molecule has 0 radical (unpaired) electrons. The van der Waals surface area contributed by atoms with Crippen LogP contribution in [-0.2, 0) is 0 Å². The first-order valence-corrected chi connectivity index (χ1v) is 32.6. The molecular weight excluding hydrogens is 639 g/mol. The molecule has 0 aromatic carbocycles. The minimum atomic E-state index is -2.98. The Balaban J connectivity index is 2.07. The summed E-state index contributed by atoms with van der Waals surface area (Å²) in [6, 6.07) is 0. The quantitative estimate of drug-likeness (QED) is 0.369. The molecule has 3 aliphatic heterocycles. The van der Waals surface area contributed by atoms with E-state index >= 15 is 0 Å². The second kappa shape index (κ2) is 3.78. The molecule has 1 saturated heterocycles. The SMILES string of the molecule is CN1C=CN2CN3C=CN(C)[CH]3[PoH]([CH3])([I])([I])[CH]12. The number of halogens is 2. The van der Waals surface area contributed by atoms with E-state index in [1.807, 2.05) is 0 Å². The number of hydrogen-bond acceptors (Lipinski definition) is 4. The van der Waals surface area contributed by atoms with E-state index in [-0.39, 0.29) is 0 Å². The van der Waals surface area contributed by atoms with Crippen LogP contribution in [-0.4, -0.2) is 58.6 Å². The Bertz CT molecular complexity index is 382. The van der Waals surface area contributed by atoms with E-state index in [1.54, 1.807) is 0 Å². The molecule has 3 aliphatic rings. The fourth-order valence-corrected chi connectivity index (χ4v) is 43.0. The van der Waals surface area contributed by atoms with Gasteiger partial charge in [-0.1, -0.05) is 0 Å². The van der Waals surface area contributed by atoms with Crippen LogP contribution in [0.5, 0.6) is 0 Å². The van der Waals surface area contributed by atoms with Crippen molar-refractivity contribution in [2.75, 3.05) is 20.8 Å². The zero-order valence-corrected chi connectivity index (χ0v) is 18.0. The molecule has 17 heavy (non-hydrogen) atoms. The van der Waals surface area contributed by atoms with Crippen LogP contribution in [0.1, 0.15) is 0 Å². The molecule has 0 aromatic rings. The summed E-state index contributed by atoms with van der Waals surface area (Å²) in [7, 11) is 1.45. The first-order valence-electron chi connectivity index (χ1n) is 5.56. The van der Waals surface area contributed by atoms with Crippen molar-refractivity contribution in [3.8, 4) is 0 Å². The summed E-state index contributed by atoms with van der Waals surface area (Å²) in [4.78, 5) is 9.84. The third kappa shape index (κ3) is 1.74. The fourth-order valence-electron chi connectivity index (χ4n) is 3.25. The third-order valence-corrected chi connectivity index (χ3v) is 34.7. The van der Waals surface area contributed by atoms with Crippen LogP contribution in [0.4, 0.5) is 0 Å². The molecule has 1 fully saturated rings. The Morgan fingerprint density at radius 1 is 0.941 bits per heavy atom. The maximum atomic E-state index is 2.84. The van der Waals surface area contributed by atoms with Crippen LogP contribution in [0.15, 0.2) is 24.8 Å². The van der Waals surface area contributed by atoms with Gasteiger partial charge in [0.25, 0.3) is 0 Å². The predicted molar refractivity (Wildman–Crippen MR) is 91.0 cm³/mol. The Hall–Kier alpha value is 1.04. The Morgan fingerprint density at radius 3 is 1.76 bits per heavy atom. The first kappa shape index (κ1) is 13.0. The van der Waals surface area contributed by atoms with Crippen molar-refractivity contribution < 1.29 is 0 Å². The van der Waals surface area contributed by atoms with Crippen LogP contribution in [0.25, 0.3) is 0 Å². The molecule has 0 aromatic heterocycles. The molecule has 0 aliphatic carbocycles. The van der Waals surface area contributed by atoms with Crippen molar-refractivity contribution in [2.45, 2.75) is 12.2 Å². The van der Waals surface area contributed by atoms with Gasteiger partial charge >= 0.3 is 124 Å². The van der Waals surface area contributed by atoms with Crippen molar-refractivity contribution in [3.05, 3.63) is 24.8 Å². The van der Waals surface area contributed by atoms with Crippen molar-refractivity contribution in [1.82, 2.24) is 19.6 Å². The van der Waals surface area contributed by atoms with Crippen LogP contribution >= 0.6 is 35.9 Å². The normalized spacial score (nSPS) is 39.0. The van der Waals surface area contributed by atoms with E-state index in [4.69, 9.17) is 0 Å². The van der Waals surface area contributed by atoms with E-state index in [9.17, 15) is 0 Å². The predicted octanol–water partition coefficient (Wildman–Crippen LogP) is 1.75. The van der Waals surface area contributed by atoms with Gasteiger partial charge in [0.15, 0.2) is 0 Å². The standard InChI is InChI=1S/C9H14N4.CH3.2HI.Po.H/c1-10-3-5-12(7-10)9-13-6-4-11(2)8-13;;;;;/h3-8H,9H2,1-2H3;1H3;2*1H;;/q;;;;+2;/p-2. The van der Waals surface area contributed by atoms with Crippen molar-refractivity contribution in [2.24, 2.45) is 0 Å². The maximum absolute atomic E-state index is 2.98. The van der Waals surface area contributed by atoms with Crippen LogP contribution < -0.4 is 0 Å². The van der Waals surface area contributed by atoms with Crippen LogP contribution in [0.2, 0.25) is 4.58 Å². The number of fused-ring (bicyclic) bond motifs is 2. The van der Waals surface area contributed by atoms with Gasteiger partial charge < -0.3 is 0 Å². The van der Waals surface area contributed by atoms with Gasteiger partial charge in [-0.15, -0.1) is 0 Å². The summed E-state index contributed by atoms with van der Waals surface area (Å²) in [6.07, 6.45) is 8.96. The number of rotatable bonds is 0. The molecule has 98 valence electrons. The minimum absolute atomic E-state index is 0.603. The summed E-state index contributed by atoms with van der Waals surface area (Å²) in [5.41, 5.74) is 0. The van der Waals surface area contributed by atoms with E-state index in [0.29, 0.717) is 7.65 Å². The van der Waals surface area contributed by atoms with Gasteiger partial charge in [-0.25, -0.2) is 0 Å². The van der Waals surface area contributed by atoms with Gasteiger partial charge in [0.1, 0.15) is 0 Å². The molecule has 0 amide bonds. The number of hydrogen-bond donors (Lipinski definition) is 0. The third-order valence-electron chi connectivity index (χ3n) is 3.71. The molecular formula is C10H18I2N4Po. The summed E-state index contributed by atoms with van der Waals surface area (Å²) in [5.74, 6) is 0. The average Bonchev–Trinajstić information content (AvgIpc) is 2.71. The average molecular weight is 657 g/mol. The molecule has 0 N–H and O–H groups in total. The zero-order valence-electron chi connectivity index (χ0n) is 10.2. The Kier molecular flexibility index (Phi) is 2.90. The summed E-state index contributed by atoms with van der Waals surface area (Å²) in [6.45, 7) is 1.02. The van der Waals surface area contributed by atoms with Gasteiger partial charge in [-0.2, -0.15) is 0 Å².